The van der Waals surface area contributed by atoms with Crippen LogP contribution in [0.2, 0.25) is 0 Å². The highest BCUT2D eigenvalue weighted by Gasteiger charge is 2.16. The maximum atomic E-state index is 12.7. The fourth-order valence-electron chi connectivity index (χ4n) is 3.00. The van der Waals surface area contributed by atoms with Gasteiger partial charge >= 0.3 is 0 Å². The largest absolute Gasteiger partial charge is 0.322 e. The number of nitrogens with one attached hydrogen (secondary N) is 3. The number of anilines is 2. The van der Waals surface area contributed by atoms with Crippen LogP contribution in [0.25, 0.3) is 0 Å². The maximum absolute atomic E-state index is 12.7. The van der Waals surface area contributed by atoms with Gasteiger partial charge in [-0.25, -0.2) is 21.6 Å². The van der Waals surface area contributed by atoms with Crippen LogP contribution in [0.3, 0.4) is 0 Å². The summed E-state index contributed by atoms with van der Waals surface area (Å²) in [5.41, 5.74) is 3.16. The Labute approximate surface area is 194 Å². The first-order valence-electron chi connectivity index (χ1n) is 10.1. The Hall–Kier alpha value is -3.21. The van der Waals surface area contributed by atoms with Gasteiger partial charge in [0.25, 0.3) is 15.9 Å². The zero-order valence-electron chi connectivity index (χ0n) is 18.4. The monoisotopic (exact) mass is 487 g/mol. The quantitative estimate of drug-likeness (QED) is 0.448. The Kier molecular flexibility index (Phi) is 7.21. The van der Waals surface area contributed by atoms with Crippen molar-refractivity contribution in [3.63, 3.8) is 0 Å². The molecule has 1 amide bonds. The van der Waals surface area contributed by atoms with Gasteiger partial charge < -0.3 is 5.32 Å². The molecule has 3 rings (SSSR count). The zero-order valence-corrected chi connectivity index (χ0v) is 20.0. The standard InChI is InChI=1S/C23H25N3O5S2/c1-4-24-32(28,29)21-11-6-18(7-12-21)23(27)25-19-9-13-22(14-10-19)33(30,31)26-20-8-5-16(2)17(3)15-20/h5-15,24,26H,4H2,1-3H3,(H,25,27). The van der Waals surface area contributed by atoms with E-state index in [4.69, 9.17) is 0 Å². The van der Waals surface area contributed by atoms with Crippen molar-refractivity contribution in [1.82, 2.24) is 4.72 Å². The summed E-state index contributed by atoms with van der Waals surface area (Å²) in [5.74, 6) is -0.453. The number of aryl methyl sites for hydroxylation is 2. The van der Waals surface area contributed by atoms with Crippen molar-refractivity contribution in [1.29, 1.82) is 0 Å². The average Bonchev–Trinajstić information content (AvgIpc) is 2.76. The van der Waals surface area contributed by atoms with E-state index in [1.807, 2.05) is 19.9 Å². The minimum absolute atomic E-state index is 0.0525. The number of hydrogen-bond acceptors (Lipinski definition) is 5. The molecule has 0 spiro atoms. The molecule has 0 unspecified atom stereocenters. The van der Waals surface area contributed by atoms with Crippen molar-refractivity contribution in [2.45, 2.75) is 30.6 Å². The second-order valence-corrected chi connectivity index (χ2v) is 10.9. The first-order valence-corrected chi connectivity index (χ1v) is 13.1. The van der Waals surface area contributed by atoms with Crippen LogP contribution in [0.4, 0.5) is 11.4 Å². The van der Waals surface area contributed by atoms with E-state index in [2.05, 4.69) is 14.8 Å². The van der Waals surface area contributed by atoms with Crippen LogP contribution in [-0.4, -0.2) is 29.3 Å². The molecule has 0 aliphatic heterocycles. The lowest BCUT2D eigenvalue weighted by atomic mass is 10.1. The smallest absolute Gasteiger partial charge is 0.261 e. The molecule has 174 valence electrons. The number of amides is 1. The first-order chi connectivity index (χ1) is 15.5. The minimum Gasteiger partial charge on any atom is -0.322 e. The third-order valence-corrected chi connectivity index (χ3v) is 7.90. The fraction of sp³-hybridized carbons (Fsp3) is 0.174. The molecule has 8 nitrogen and oxygen atoms in total. The van der Waals surface area contributed by atoms with E-state index in [1.165, 1.54) is 48.5 Å². The lowest BCUT2D eigenvalue weighted by molar-refractivity contribution is 0.102. The number of carbonyl (C=O) groups excluding carboxylic acids is 1. The Balaban J connectivity index is 1.69. The molecule has 0 saturated carbocycles. The molecule has 3 aromatic rings. The molecular formula is C23H25N3O5S2. The van der Waals surface area contributed by atoms with Gasteiger partial charge in [0.1, 0.15) is 0 Å². The predicted octanol–water partition coefficient (Wildman–Crippen LogP) is 3.65. The number of sulfonamides is 2. The van der Waals surface area contributed by atoms with Gasteiger partial charge in [0.05, 0.1) is 9.79 Å². The van der Waals surface area contributed by atoms with E-state index in [0.717, 1.165) is 11.1 Å². The second kappa shape index (κ2) is 9.74. The lowest BCUT2D eigenvalue weighted by Crippen LogP contribution is -2.23. The highest BCUT2D eigenvalue weighted by atomic mass is 32.2. The Morgan fingerprint density at radius 2 is 1.27 bits per heavy atom. The van der Waals surface area contributed by atoms with Crippen LogP contribution >= 0.6 is 0 Å². The van der Waals surface area contributed by atoms with Crippen LogP contribution in [0.1, 0.15) is 28.4 Å². The van der Waals surface area contributed by atoms with Crippen molar-refractivity contribution in [2.75, 3.05) is 16.6 Å². The van der Waals surface area contributed by atoms with Gasteiger partial charge in [0, 0.05) is 23.5 Å². The second-order valence-electron chi connectivity index (χ2n) is 7.41. The van der Waals surface area contributed by atoms with Gasteiger partial charge in [-0.2, -0.15) is 0 Å². The molecule has 0 aromatic heterocycles. The highest BCUT2D eigenvalue weighted by Crippen LogP contribution is 2.21. The Morgan fingerprint density at radius 1 is 0.727 bits per heavy atom. The van der Waals surface area contributed by atoms with Gasteiger partial charge in [0.15, 0.2) is 0 Å². The first kappa shape index (κ1) is 24.4. The van der Waals surface area contributed by atoms with Crippen molar-refractivity contribution < 1.29 is 21.6 Å². The average molecular weight is 488 g/mol. The van der Waals surface area contributed by atoms with E-state index in [-0.39, 0.29) is 21.9 Å². The Morgan fingerprint density at radius 3 is 1.85 bits per heavy atom. The number of carbonyl (C=O) groups is 1. The summed E-state index contributed by atoms with van der Waals surface area (Å²) in [6, 6.07) is 16.6. The van der Waals surface area contributed by atoms with E-state index in [1.54, 1.807) is 19.1 Å². The summed E-state index contributed by atoms with van der Waals surface area (Å²) in [7, 11) is -7.39. The van der Waals surface area contributed by atoms with Gasteiger partial charge in [-0.3, -0.25) is 9.52 Å². The topological polar surface area (TPSA) is 121 Å². The van der Waals surface area contributed by atoms with Crippen LogP contribution in [0.15, 0.2) is 76.5 Å². The third kappa shape index (κ3) is 5.98. The summed E-state index contributed by atoms with van der Waals surface area (Å²) in [5, 5.41) is 2.66. The van der Waals surface area contributed by atoms with Gasteiger partial charge in [-0.15, -0.1) is 0 Å². The molecule has 0 aliphatic carbocycles. The summed E-state index contributed by atoms with van der Waals surface area (Å²) in [6.45, 7) is 5.78. The predicted molar refractivity (Wildman–Crippen MR) is 128 cm³/mol. The highest BCUT2D eigenvalue weighted by molar-refractivity contribution is 7.92. The maximum Gasteiger partial charge on any atom is 0.261 e. The molecule has 0 saturated heterocycles. The van der Waals surface area contributed by atoms with Gasteiger partial charge in [-0.1, -0.05) is 13.0 Å². The number of benzene rings is 3. The van der Waals surface area contributed by atoms with E-state index < -0.39 is 26.0 Å². The van der Waals surface area contributed by atoms with Crippen LogP contribution in [0.5, 0.6) is 0 Å². The summed E-state index contributed by atoms with van der Waals surface area (Å²) in [6.07, 6.45) is 0. The molecule has 3 aromatic carbocycles. The van der Waals surface area contributed by atoms with E-state index >= 15 is 0 Å². The molecule has 10 heteroatoms. The molecule has 0 fully saturated rings. The van der Waals surface area contributed by atoms with Crippen molar-refractivity contribution in [2.24, 2.45) is 0 Å². The van der Waals surface area contributed by atoms with Gasteiger partial charge in [-0.05, 0) is 85.6 Å². The van der Waals surface area contributed by atoms with Crippen molar-refractivity contribution in [3.8, 4) is 0 Å². The summed E-state index contributed by atoms with van der Waals surface area (Å²) in [4.78, 5) is 12.6. The zero-order chi connectivity index (χ0) is 24.2. The van der Waals surface area contributed by atoms with Crippen LogP contribution in [-0.2, 0) is 20.0 Å². The Bertz CT molecular complexity index is 1370. The molecule has 3 N–H and O–H groups in total. The summed E-state index contributed by atoms with van der Waals surface area (Å²) < 4.78 is 54.2. The van der Waals surface area contributed by atoms with Gasteiger partial charge in [0.2, 0.25) is 10.0 Å². The molecule has 33 heavy (non-hydrogen) atoms. The molecular weight excluding hydrogens is 462 g/mol. The number of rotatable bonds is 8. The molecule has 0 radical (unpaired) electrons. The molecule has 0 atom stereocenters. The molecule has 0 bridgehead atoms. The third-order valence-electron chi connectivity index (χ3n) is 4.94. The van der Waals surface area contributed by atoms with Crippen molar-refractivity contribution >= 4 is 37.3 Å². The number of hydrogen-bond donors (Lipinski definition) is 3. The summed E-state index contributed by atoms with van der Waals surface area (Å²) >= 11 is 0. The normalized spacial score (nSPS) is 11.7. The van der Waals surface area contributed by atoms with E-state index in [9.17, 15) is 21.6 Å². The lowest BCUT2D eigenvalue weighted by Gasteiger charge is -2.11. The van der Waals surface area contributed by atoms with Crippen molar-refractivity contribution in [3.05, 3.63) is 83.4 Å². The molecule has 0 heterocycles. The fourth-order valence-corrected chi connectivity index (χ4v) is 5.09. The molecule has 0 aliphatic rings. The van der Waals surface area contributed by atoms with Crippen LogP contribution < -0.4 is 14.8 Å². The van der Waals surface area contributed by atoms with E-state index in [0.29, 0.717) is 11.4 Å². The SMILES string of the molecule is CCNS(=O)(=O)c1ccc(C(=O)Nc2ccc(S(=O)(=O)Nc3ccc(C)c(C)c3)cc2)cc1. The minimum atomic E-state index is -3.79. The van der Waals surface area contributed by atoms with Crippen LogP contribution in [0, 0.1) is 13.8 Å².